The first-order valence-electron chi connectivity index (χ1n) is 5.77. The molecule has 0 saturated heterocycles. The van der Waals surface area contributed by atoms with Gasteiger partial charge in [0.25, 0.3) is 0 Å². The zero-order valence-electron chi connectivity index (χ0n) is 9.25. The van der Waals surface area contributed by atoms with Gasteiger partial charge in [-0.05, 0) is 48.2 Å². The lowest BCUT2D eigenvalue weighted by Gasteiger charge is -2.25. The van der Waals surface area contributed by atoms with Crippen molar-refractivity contribution in [2.45, 2.75) is 37.1 Å². The lowest BCUT2D eigenvalue weighted by molar-refractivity contribution is 0.467. The van der Waals surface area contributed by atoms with E-state index < -0.39 is 0 Å². The predicted molar refractivity (Wildman–Crippen MR) is 64.1 cm³/mol. The summed E-state index contributed by atoms with van der Waals surface area (Å²) in [5.41, 5.74) is 0.653. The van der Waals surface area contributed by atoms with Gasteiger partial charge in [-0.3, -0.25) is 0 Å². The molecule has 0 amide bonds. The van der Waals surface area contributed by atoms with Gasteiger partial charge in [0, 0.05) is 11.4 Å². The Hall–Kier alpha value is -1.43. The van der Waals surface area contributed by atoms with E-state index in [1.165, 1.54) is 4.63 Å². The van der Waals surface area contributed by atoms with Gasteiger partial charge in [0.2, 0.25) is 0 Å². The number of nitrogens with one attached hydrogen (secondary N) is 1. The Morgan fingerprint density at radius 2 is 2.06 bits per heavy atom. The normalized spacial score (nSPS) is 25.0. The van der Waals surface area contributed by atoms with E-state index in [1.54, 1.807) is 0 Å². The smallest absolute Gasteiger partial charge is 0.200 e. The van der Waals surface area contributed by atoms with E-state index in [1.807, 2.05) is 12.1 Å². The van der Waals surface area contributed by atoms with Crippen LogP contribution < -0.4 is 5.32 Å². The lowest BCUT2D eigenvalue weighted by atomic mass is 9.95. The molecule has 2 aromatic rings. The minimum Gasteiger partial charge on any atom is -0.366 e. The van der Waals surface area contributed by atoms with Crippen LogP contribution in [0.4, 0.5) is 5.82 Å². The van der Waals surface area contributed by atoms with Crippen molar-refractivity contribution in [2.75, 3.05) is 5.32 Å². The third-order valence-electron chi connectivity index (χ3n) is 3.08. The summed E-state index contributed by atoms with van der Waals surface area (Å²) < 4.78 is 1.43. The number of fused-ring (bicyclic) bond motifs is 1. The molecule has 0 aliphatic heterocycles. The molecule has 1 aliphatic rings. The summed E-state index contributed by atoms with van der Waals surface area (Å²) in [6.07, 6.45) is 4.30. The van der Waals surface area contributed by atoms with Crippen molar-refractivity contribution in [3.8, 4) is 0 Å². The van der Waals surface area contributed by atoms with Gasteiger partial charge in [0.15, 0.2) is 5.65 Å². The standard InChI is InChI=1S/C10H13ClN6/c11-7-1-3-8(4-2-7)12-9-5-6-10-13-15-16-17(10)14-9/h5-8H,1-4H2,(H,12,14). The summed E-state index contributed by atoms with van der Waals surface area (Å²) in [6, 6.07) is 4.20. The largest absolute Gasteiger partial charge is 0.366 e. The first-order chi connectivity index (χ1) is 8.31. The highest BCUT2D eigenvalue weighted by molar-refractivity contribution is 6.20. The van der Waals surface area contributed by atoms with Crippen molar-refractivity contribution in [3.63, 3.8) is 0 Å². The maximum absolute atomic E-state index is 6.07. The fourth-order valence-electron chi connectivity index (χ4n) is 2.13. The number of halogens is 1. The number of nitrogens with zero attached hydrogens (tertiary/aromatic N) is 5. The Labute approximate surface area is 103 Å². The van der Waals surface area contributed by atoms with Gasteiger partial charge in [-0.15, -0.1) is 26.4 Å². The molecule has 1 fully saturated rings. The summed E-state index contributed by atoms with van der Waals surface area (Å²) in [4.78, 5) is 0. The molecule has 0 atom stereocenters. The van der Waals surface area contributed by atoms with Crippen molar-refractivity contribution in [1.82, 2.24) is 25.3 Å². The SMILES string of the molecule is ClC1CCC(Nc2ccc3nnnn3n2)CC1. The summed E-state index contributed by atoms with van der Waals surface area (Å²) in [5, 5.41) is 19.2. The van der Waals surface area contributed by atoms with Gasteiger partial charge in [0.05, 0.1) is 0 Å². The second-order valence-corrected chi connectivity index (χ2v) is 4.96. The van der Waals surface area contributed by atoms with Gasteiger partial charge >= 0.3 is 0 Å². The van der Waals surface area contributed by atoms with Crippen LogP contribution >= 0.6 is 11.6 Å². The van der Waals surface area contributed by atoms with E-state index in [-0.39, 0.29) is 0 Å². The summed E-state index contributed by atoms with van der Waals surface area (Å²) >= 11 is 6.07. The van der Waals surface area contributed by atoms with Crippen LogP contribution in [-0.4, -0.2) is 36.7 Å². The molecule has 2 aromatic heterocycles. The van der Waals surface area contributed by atoms with Crippen LogP contribution in [-0.2, 0) is 0 Å². The molecule has 1 N–H and O–H groups in total. The molecule has 1 aliphatic carbocycles. The average Bonchev–Trinajstić information content (AvgIpc) is 2.79. The number of aromatic nitrogens is 5. The van der Waals surface area contributed by atoms with E-state index in [2.05, 4.69) is 25.9 Å². The van der Waals surface area contributed by atoms with E-state index in [9.17, 15) is 0 Å². The van der Waals surface area contributed by atoms with Gasteiger partial charge in [-0.25, -0.2) is 0 Å². The Morgan fingerprint density at radius 1 is 1.24 bits per heavy atom. The van der Waals surface area contributed by atoms with Gasteiger partial charge < -0.3 is 5.32 Å². The highest BCUT2D eigenvalue weighted by Gasteiger charge is 2.19. The molecule has 0 aromatic carbocycles. The van der Waals surface area contributed by atoms with Crippen molar-refractivity contribution >= 4 is 23.1 Å². The second kappa shape index (κ2) is 4.44. The first kappa shape index (κ1) is 10.7. The number of rotatable bonds is 2. The van der Waals surface area contributed by atoms with Crippen LogP contribution in [0.2, 0.25) is 0 Å². The Morgan fingerprint density at radius 3 is 2.88 bits per heavy atom. The molecule has 7 heteroatoms. The maximum atomic E-state index is 6.07. The lowest BCUT2D eigenvalue weighted by Crippen LogP contribution is -2.27. The van der Waals surface area contributed by atoms with E-state index in [4.69, 9.17) is 11.6 Å². The molecular formula is C10H13ClN6. The summed E-state index contributed by atoms with van der Waals surface area (Å²) in [5.74, 6) is 0.808. The fraction of sp³-hybridized carbons (Fsp3) is 0.600. The predicted octanol–water partition coefficient (Wildman–Crippen LogP) is 1.48. The van der Waals surface area contributed by atoms with Crippen LogP contribution in [0, 0.1) is 0 Å². The Bertz CT molecular complexity index is 504. The summed E-state index contributed by atoms with van der Waals surface area (Å²) in [7, 11) is 0. The molecule has 0 bridgehead atoms. The number of hydrogen-bond donors (Lipinski definition) is 1. The highest BCUT2D eigenvalue weighted by atomic mass is 35.5. The minimum atomic E-state index is 0.336. The monoisotopic (exact) mass is 252 g/mol. The Balaban J connectivity index is 1.71. The van der Waals surface area contributed by atoms with E-state index in [0.717, 1.165) is 31.5 Å². The molecular weight excluding hydrogens is 240 g/mol. The highest BCUT2D eigenvalue weighted by Crippen LogP contribution is 2.24. The second-order valence-electron chi connectivity index (χ2n) is 4.34. The molecule has 2 heterocycles. The molecule has 90 valence electrons. The Kier molecular flexibility index (Phi) is 2.80. The minimum absolute atomic E-state index is 0.336. The molecule has 3 rings (SSSR count). The zero-order chi connectivity index (χ0) is 11.7. The number of tetrazole rings is 1. The summed E-state index contributed by atoms with van der Waals surface area (Å²) in [6.45, 7) is 0. The van der Waals surface area contributed by atoms with Crippen molar-refractivity contribution in [1.29, 1.82) is 0 Å². The van der Waals surface area contributed by atoms with Crippen molar-refractivity contribution in [3.05, 3.63) is 12.1 Å². The molecule has 0 radical (unpaired) electrons. The molecule has 1 saturated carbocycles. The quantitative estimate of drug-likeness (QED) is 0.820. The van der Waals surface area contributed by atoms with Crippen LogP contribution in [0.3, 0.4) is 0 Å². The van der Waals surface area contributed by atoms with Gasteiger partial charge in [0.1, 0.15) is 5.82 Å². The number of alkyl halides is 1. The van der Waals surface area contributed by atoms with E-state index in [0.29, 0.717) is 17.1 Å². The van der Waals surface area contributed by atoms with Crippen LogP contribution in [0.5, 0.6) is 0 Å². The maximum Gasteiger partial charge on any atom is 0.200 e. The van der Waals surface area contributed by atoms with Crippen LogP contribution in [0.1, 0.15) is 25.7 Å². The van der Waals surface area contributed by atoms with Crippen molar-refractivity contribution < 1.29 is 0 Å². The topological polar surface area (TPSA) is 68.0 Å². The molecule has 0 spiro atoms. The average molecular weight is 253 g/mol. The fourth-order valence-corrected chi connectivity index (χ4v) is 2.38. The van der Waals surface area contributed by atoms with E-state index >= 15 is 0 Å². The molecule has 17 heavy (non-hydrogen) atoms. The van der Waals surface area contributed by atoms with Crippen LogP contribution in [0.25, 0.3) is 5.65 Å². The third-order valence-corrected chi connectivity index (χ3v) is 3.51. The first-order valence-corrected chi connectivity index (χ1v) is 6.21. The molecule has 0 unspecified atom stereocenters. The van der Waals surface area contributed by atoms with Gasteiger partial charge in [-0.1, -0.05) is 0 Å². The third kappa shape index (κ3) is 2.31. The molecule has 6 nitrogen and oxygen atoms in total. The number of anilines is 1. The van der Waals surface area contributed by atoms with Gasteiger partial charge in [-0.2, -0.15) is 0 Å². The van der Waals surface area contributed by atoms with Crippen LogP contribution in [0.15, 0.2) is 12.1 Å². The number of hydrogen-bond acceptors (Lipinski definition) is 5. The zero-order valence-corrected chi connectivity index (χ0v) is 10.0. The van der Waals surface area contributed by atoms with Crippen molar-refractivity contribution in [2.24, 2.45) is 0 Å².